The summed E-state index contributed by atoms with van der Waals surface area (Å²) in [6, 6.07) is 9.64. The number of piperidine rings is 1. The first kappa shape index (κ1) is 16.3. The first-order chi connectivity index (χ1) is 11.7. The van der Waals surface area contributed by atoms with Crippen LogP contribution in [0.5, 0.6) is 0 Å². The standard InChI is InChI=1S/C19H21NO4/c1-2-23-19(22)14-9-11-20(12-10-14)18(21)8-7-16-13-15-5-3-4-6-17(15)24-16/h3-8,13-14H,2,9-12H2,1H3/b8-7+. The number of esters is 1. The van der Waals surface area contributed by atoms with Gasteiger partial charge in [0.05, 0.1) is 12.5 Å². The minimum atomic E-state index is -0.151. The summed E-state index contributed by atoms with van der Waals surface area (Å²) in [5.41, 5.74) is 0.805. The van der Waals surface area contributed by atoms with E-state index in [1.807, 2.05) is 30.3 Å². The molecule has 0 radical (unpaired) electrons. The Morgan fingerprint density at radius 1 is 1.29 bits per heavy atom. The normalized spacial score (nSPS) is 16.0. The highest BCUT2D eigenvalue weighted by Crippen LogP contribution is 2.21. The van der Waals surface area contributed by atoms with Gasteiger partial charge in [-0.05, 0) is 38.0 Å². The second-order valence-corrected chi connectivity index (χ2v) is 5.87. The van der Waals surface area contributed by atoms with Gasteiger partial charge < -0.3 is 14.1 Å². The summed E-state index contributed by atoms with van der Waals surface area (Å²) in [5, 5.41) is 1.01. The topological polar surface area (TPSA) is 59.8 Å². The van der Waals surface area contributed by atoms with Crippen LogP contribution in [0, 0.1) is 5.92 Å². The number of rotatable bonds is 4. The average molecular weight is 327 g/mol. The maximum Gasteiger partial charge on any atom is 0.309 e. The summed E-state index contributed by atoms with van der Waals surface area (Å²) < 4.78 is 10.7. The largest absolute Gasteiger partial charge is 0.466 e. The third kappa shape index (κ3) is 3.67. The predicted octanol–water partition coefficient (Wildman–Crippen LogP) is 3.25. The Labute approximate surface area is 140 Å². The van der Waals surface area contributed by atoms with E-state index >= 15 is 0 Å². The molecule has 126 valence electrons. The molecular formula is C19H21NO4. The van der Waals surface area contributed by atoms with Gasteiger partial charge in [0.1, 0.15) is 11.3 Å². The second-order valence-electron chi connectivity index (χ2n) is 5.87. The number of benzene rings is 1. The predicted molar refractivity (Wildman–Crippen MR) is 91.2 cm³/mol. The van der Waals surface area contributed by atoms with Gasteiger partial charge in [-0.3, -0.25) is 9.59 Å². The summed E-state index contributed by atoms with van der Waals surface area (Å²) in [7, 11) is 0. The lowest BCUT2D eigenvalue weighted by Crippen LogP contribution is -2.39. The van der Waals surface area contributed by atoms with Crippen molar-refractivity contribution in [3.63, 3.8) is 0 Å². The molecule has 2 heterocycles. The molecule has 0 spiro atoms. The van der Waals surface area contributed by atoms with Crippen LogP contribution in [-0.4, -0.2) is 36.5 Å². The SMILES string of the molecule is CCOC(=O)C1CCN(C(=O)/C=C/c2cc3ccccc3o2)CC1. The highest BCUT2D eigenvalue weighted by atomic mass is 16.5. The average Bonchev–Trinajstić information content (AvgIpc) is 3.03. The van der Waals surface area contributed by atoms with E-state index in [0.29, 0.717) is 38.3 Å². The second kappa shape index (κ2) is 7.34. The van der Waals surface area contributed by atoms with Crippen molar-refractivity contribution in [2.24, 2.45) is 5.92 Å². The fourth-order valence-corrected chi connectivity index (χ4v) is 2.94. The van der Waals surface area contributed by atoms with Crippen molar-refractivity contribution in [2.45, 2.75) is 19.8 Å². The number of hydrogen-bond acceptors (Lipinski definition) is 4. The van der Waals surface area contributed by atoms with Gasteiger partial charge in [-0.2, -0.15) is 0 Å². The Balaban J connectivity index is 1.56. The van der Waals surface area contributed by atoms with E-state index in [9.17, 15) is 9.59 Å². The molecule has 1 aliphatic heterocycles. The van der Waals surface area contributed by atoms with Crippen LogP contribution in [0.2, 0.25) is 0 Å². The van der Waals surface area contributed by atoms with E-state index in [1.54, 1.807) is 17.9 Å². The van der Waals surface area contributed by atoms with Crippen molar-refractivity contribution in [3.8, 4) is 0 Å². The Morgan fingerprint density at radius 3 is 2.75 bits per heavy atom. The zero-order chi connectivity index (χ0) is 16.9. The lowest BCUT2D eigenvalue weighted by atomic mass is 9.97. The van der Waals surface area contributed by atoms with Crippen LogP contribution in [0.15, 0.2) is 40.8 Å². The first-order valence-electron chi connectivity index (χ1n) is 8.29. The van der Waals surface area contributed by atoms with Gasteiger partial charge >= 0.3 is 5.97 Å². The quantitative estimate of drug-likeness (QED) is 0.639. The Bertz CT molecular complexity index is 721. The van der Waals surface area contributed by atoms with Crippen molar-refractivity contribution in [1.29, 1.82) is 0 Å². The van der Waals surface area contributed by atoms with Gasteiger partial charge in [0.15, 0.2) is 0 Å². The lowest BCUT2D eigenvalue weighted by molar-refractivity contribution is -0.150. The van der Waals surface area contributed by atoms with Crippen molar-refractivity contribution in [2.75, 3.05) is 19.7 Å². The molecule has 0 bridgehead atoms. The van der Waals surface area contributed by atoms with Crippen LogP contribution in [0.1, 0.15) is 25.5 Å². The Hall–Kier alpha value is -2.56. The van der Waals surface area contributed by atoms with Crippen molar-refractivity contribution in [3.05, 3.63) is 42.2 Å². The maximum atomic E-state index is 12.3. The van der Waals surface area contributed by atoms with E-state index in [0.717, 1.165) is 11.0 Å². The van der Waals surface area contributed by atoms with Crippen LogP contribution in [0.3, 0.4) is 0 Å². The molecule has 0 aliphatic carbocycles. The van der Waals surface area contributed by atoms with Crippen LogP contribution >= 0.6 is 0 Å². The Kier molecular flexibility index (Phi) is 4.99. The van der Waals surface area contributed by atoms with E-state index in [2.05, 4.69) is 0 Å². The minimum Gasteiger partial charge on any atom is -0.466 e. The minimum absolute atomic E-state index is 0.0576. The van der Waals surface area contributed by atoms with Gasteiger partial charge in [-0.25, -0.2) is 0 Å². The molecule has 1 aromatic heterocycles. The molecule has 0 saturated carbocycles. The number of fused-ring (bicyclic) bond motifs is 1. The molecule has 24 heavy (non-hydrogen) atoms. The molecule has 5 heteroatoms. The van der Waals surface area contributed by atoms with Gasteiger partial charge in [-0.1, -0.05) is 18.2 Å². The van der Waals surface area contributed by atoms with Gasteiger partial charge in [0.2, 0.25) is 5.91 Å². The number of carbonyl (C=O) groups is 2. The molecular weight excluding hydrogens is 306 g/mol. The highest BCUT2D eigenvalue weighted by molar-refractivity contribution is 5.92. The number of likely N-dealkylation sites (tertiary alicyclic amines) is 1. The monoisotopic (exact) mass is 327 g/mol. The molecule has 3 rings (SSSR count). The molecule has 1 saturated heterocycles. The zero-order valence-electron chi connectivity index (χ0n) is 13.7. The molecule has 0 unspecified atom stereocenters. The molecule has 2 aromatic rings. The van der Waals surface area contributed by atoms with Crippen LogP contribution < -0.4 is 0 Å². The van der Waals surface area contributed by atoms with E-state index in [1.165, 1.54) is 6.08 Å². The van der Waals surface area contributed by atoms with Crippen molar-refractivity contribution >= 4 is 28.9 Å². The number of ether oxygens (including phenoxy) is 1. The zero-order valence-corrected chi connectivity index (χ0v) is 13.7. The molecule has 0 N–H and O–H groups in total. The van der Waals surface area contributed by atoms with E-state index in [4.69, 9.17) is 9.15 Å². The van der Waals surface area contributed by atoms with Crippen molar-refractivity contribution in [1.82, 2.24) is 4.90 Å². The summed E-state index contributed by atoms with van der Waals surface area (Å²) in [4.78, 5) is 25.7. The van der Waals surface area contributed by atoms with E-state index in [-0.39, 0.29) is 17.8 Å². The maximum absolute atomic E-state index is 12.3. The fourth-order valence-electron chi connectivity index (χ4n) is 2.94. The molecule has 1 aliphatic rings. The number of para-hydroxylation sites is 1. The molecule has 1 aromatic carbocycles. The third-order valence-corrected chi connectivity index (χ3v) is 4.26. The fraction of sp³-hybridized carbons (Fsp3) is 0.368. The molecule has 1 fully saturated rings. The summed E-state index contributed by atoms with van der Waals surface area (Å²) in [6.07, 6.45) is 4.54. The first-order valence-corrected chi connectivity index (χ1v) is 8.29. The highest BCUT2D eigenvalue weighted by Gasteiger charge is 2.27. The Morgan fingerprint density at radius 2 is 2.04 bits per heavy atom. The summed E-state index contributed by atoms with van der Waals surface area (Å²) in [6.45, 7) is 3.36. The third-order valence-electron chi connectivity index (χ3n) is 4.26. The number of nitrogens with zero attached hydrogens (tertiary/aromatic N) is 1. The number of hydrogen-bond donors (Lipinski definition) is 0. The van der Waals surface area contributed by atoms with Crippen LogP contribution in [-0.2, 0) is 14.3 Å². The summed E-state index contributed by atoms with van der Waals surface area (Å²) >= 11 is 0. The number of carbonyl (C=O) groups excluding carboxylic acids is 2. The van der Waals surface area contributed by atoms with E-state index < -0.39 is 0 Å². The molecule has 1 amide bonds. The molecule has 5 nitrogen and oxygen atoms in total. The van der Waals surface area contributed by atoms with Gasteiger partial charge in [-0.15, -0.1) is 0 Å². The van der Waals surface area contributed by atoms with Gasteiger partial charge in [0, 0.05) is 24.6 Å². The number of furan rings is 1. The van der Waals surface area contributed by atoms with Crippen LogP contribution in [0.4, 0.5) is 0 Å². The lowest BCUT2D eigenvalue weighted by Gasteiger charge is -2.30. The summed E-state index contributed by atoms with van der Waals surface area (Å²) in [5.74, 6) is 0.361. The molecule has 0 atom stereocenters. The van der Waals surface area contributed by atoms with Gasteiger partial charge in [0.25, 0.3) is 0 Å². The van der Waals surface area contributed by atoms with Crippen molar-refractivity contribution < 1.29 is 18.7 Å². The van der Waals surface area contributed by atoms with Crippen LogP contribution in [0.25, 0.3) is 17.0 Å². The number of amides is 1. The smallest absolute Gasteiger partial charge is 0.309 e.